The van der Waals surface area contributed by atoms with Gasteiger partial charge in [-0.3, -0.25) is 0 Å². The maximum Gasteiger partial charge on any atom is 0.409 e. The topological polar surface area (TPSA) is 72.8 Å². The molecule has 0 unspecified atom stereocenters. The third kappa shape index (κ3) is 6.13. The van der Waals surface area contributed by atoms with Crippen molar-refractivity contribution in [2.45, 2.75) is 77.1 Å². The standard InChI is InChI=1S/C12H24O5S/c1-2-3-4-5-6-7-8-9-10-11-12(13)16-18(14,15)17-12/h13H,2-11H2,1H3. The van der Waals surface area contributed by atoms with Gasteiger partial charge in [0.2, 0.25) is 0 Å². The Hall–Kier alpha value is -0.170. The third-order valence-electron chi connectivity index (χ3n) is 3.06. The van der Waals surface area contributed by atoms with Crippen molar-refractivity contribution in [3.8, 4) is 0 Å². The van der Waals surface area contributed by atoms with Crippen LogP contribution in [0.15, 0.2) is 0 Å². The number of hydrogen-bond acceptors (Lipinski definition) is 5. The minimum absolute atomic E-state index is 0.210. The highest BCUT2D eigenvalue weighted by Gasteiger charge is 2.50. The summed E-state index contributed by atoms with van der Waals surface area (Å²) < 4.78 is 29.7. The molecule has 0 aromatic carbocycles. The van der Waals surface area contributed by atoms with Gasteiger partial charge in [0, 0.05) is 6.42 Å². The molecule has 1 N–H and O–H groups in total. The fourth-order valence-corrected chi connectivity index (χ4v) is 2.88. The highest BCUT2D eigenvalue weighted by molar-refractivity contribution is 7.82. The average Bonchev–Trinajstić information content (AvgIpc) is 2.24. The fraction of sp³-hybridized carbons (Fsp3) is 1.00. The Kier molecular flexibility index (Phi) is 6.55. The summed E-state index contributed by atoms with van der Waals surface area (Å²) in [7, 11) is -3.90. The molecule has 1 aliphatic heterocycles. The lowest BCUT2D eigenvalue weighted by molar-refractivity contribution is -0.329. The molecule has 0 aliphatic carbocycles. The monoisotopic (exact) mass is 280 g/mol. The Bertz CT molecular complexity index is 313. The van der Waals surface area contributed by atoms with E-state index in [-0.39, 0.29) is 6.42 Å². The van der Waals surface area contributed by atoms with Crippen LogP contribution < -0.4 is 0 Å². The molecule has 0 bridgehead atoms. The van der Waals surface area contributed by atoms with E-state index >= 15 is 0 Å². The largest absolute Gasteiger partial charge is 0.409 e. The van der Waals surface area contributed by atoms with E-state index in [2.05, 4.69) is 15.3 Å². The van der Waals surface area contributed by atoms with Gasteiger partial charge < -0.3 is 5.11 Å². The first-order chi connectivity index (χ1) is 8.47. The lowest BCUT2D eigenvalue weighted by atomic mass is 10.1. The van der Waals surface area contributed by atoms with E-state index in [4.69, 9.17) is 0 Å². The van der Waals surface area contributed by atoms with Crippen molar-refractivity contribution in [1.82, 2.24) is 0 Å². The van der Waals surface area contributed by atoms with Crippen LogP contribution in [0.3, 0.4) is 0 Å². The van der Waals surface area contributed by atoms with Crippen molar-refractivity contribution >= 4 is 10.4 Å². The van der Waals surface area contributed by atoms with E-state index in [0.717, 1.165) is 12.8 Å². The van der Waals surface area contributed by atoms with Crippen molar-refractivity contribution in [1.29, 1.82) is 0 Å². The molecule has 0 amide bonds. The zero-order chi connectivity index (χ0) is 13.5. The van der Waals surface area contributed by atoms with Crippen molar-refractivity contribution in [3.05, 3.63) is 0 Å². The number of rotatable bonds is 10. The van der Waals surface area contributed by atoms with Gasteiger partial charge in [-0.15, -0.1) is 0 Å². The Balaban J connectivity index is 1.88. The van der Waals surface area contributed by atoms with Crippen LogP contribution in [0, 0.1) is 0 Å². The highest BCUT2D eigenvalue weighted by atomic mass is 32.3. The second-order valence-electron chi connectivity index (χ2n) is 4.87. The first kappa shape index (κ1) is 15.9. The molecule has 0 saturated carbocycles. The van der Waals surface area contributed by atoms with Crippen LogP contribution in [0.2, 0.25) is 0 Å². The molecule has 0 radical (unpaired) electrons. The zero-order valence-electron chi connectivity index (χ0n) is 11.1. The minimum atomic E-state index is -3.90. The maximum absolute atomic E-state index is 10.6. The fourth-order valence-electron chi connectivity index (χ4n) is 2.07. The molecule has 6 heteroatoms. The number of aliphatic hydroxyl groups is 1. The summed E-state index contributed by atoms with van der Waals surface area (Å²) in [5.74, 6) is -1.89. The van der Waals surface area contributed by atoms with Gasteiger partial charge in [0.1, 0.15) is 0 Å². The lowest BCUT2D eigenvalue weighted by Gasteiger charge is -2.33. The quantitative estimate of drug-likeness (QED) is 0.623. The molecule has 5 nitrogen and oxygen atoms in total. The highest BCUT2D eigenvalue weighted by Crippen LogP contribution is 2.32. The molecule has 1 aliphatic rings. The van der Waals surface area contributed by atoms with Gasteiger partial charge in [0.15, 0.2) is 0 Å². The SMILES string of the molecule is CCCCCCCCCCCC1(O)OS(=O)(=O)O1. The van der Waals surface area contributed by atoms with Gasteiger partial charge in [-0.05, 0) is 6.42 Å². The van der Waals surface area contributed by atoms with Crippen molar-refractivity contribution in [3.63, 3.8) is 0 Å². The summed E-state index contributed by atoms with van der Waals surface area (Å²) in [6, 6.07) is 0. The van der Waals surface area contributed by atoms with Gasteiger partial charge in [-0.25, -0.2) is 0 Å². The van der Waals surface area contributed by atoms with Crippen LogP contribution in [0.25, 0.3) is 0 Å². The van der Waals surface area contributed by atoms with Crippen molar-refractivity contribution in [2.24, 2.45) is 0 Å². The van der Waals surface area contributed by atoms with Crippen molar-refractivity contribution in [2.75, 3.05) is 0 Å². The lowest BCUT2D eigenvalue weighted by Crippen LogP contribution is -2.50. The maximum atomic E-state index is 10.6. The Labute approximate surface area is 110 Å². The van der Waals surface area contributed by atoms with E-state index in [1.54, 1.807) is 0 Å². The molecule has 0 atom stereocenters. The van der Waals surface area contributed by atoms with Gasteiger partial charge in [0.05, 0.1) is 0 Å². The first-order valence-corrected chi connectivity index (χ1v) is 8.19. The van der Waals surface area contributed by atoms with Gasteiger partial charge >= 0.3 is 16.4 Å². The molecule has 1 saturated heterocycles. The summed E-state index contributed by atoms with van der Waals surface area (Å²) in [5.41, 5.74) is 0. The van der Waals surface area contributed by atoms with E-state index in [9.17, 15) is 13.5 Å². The molecule has 1 fully saturated rings. The van der Waals surface area contributed by atoms with Crippen LogP contribution in [-0.4, -0.2) is 19.5 Å². The normalized spacial score (nSPS) is 20.6. The summed E-state index contributed by atoms with van der Waals surface area (Å²) >= 11 is 0. The Morgan fingerprint density at radius 3 is 1.78 bits per heavy atom. The van der Waals surface area contributed by atoms with E-state index in [1.807, 2.05) is 0 Å². The Morgan fingerprint density at radius 1 is 0.889 bits per heavy atom. The summed E-state index contributed by atoms with van der Waals surface area (Å²) in [6.45, 7) is 2.20. The summed E-state index contributed by atoms with van der Waals surface area (Å²) in [4.78, 5) is 0. The smallest absolute Gasteiger partial charge is 0.342 e. The van der Waals surface area contributed by atoms with E-state index in [1.165, 1.54) is 38.5 Å². The van der Waals surface area contributed by atoms with Gasteiger partial charge in [-0.1, -0.05) is 58.3 Å². The molecule has 18 heavy (non-hydrogen) atoms. The predicted molar refractivity (Wildman–Crippen MR) is 67.9 cm³/mol. The van der Waals surface area contributed by atoms with E-state index < -0.39 is 16.4 Å². The molecule has 1 heterocycles. The van der Waals surface area contributed by atoms with Crippen LogP contribution in [0.4, 0.5) is 0 Å². The average molecular weight is 280 g/mol. The Morgan fingerprint density at radius 2 is 1.33 bits per heavy atom. The summed E-state index contributed by atoms with van der Waals surface area (Å²) in [5, 5.41) is 9.42. The minimum Gasteiger partial charge on any atom is -0.342 e. The number of unbranched alkanes of at least 4 members (excludes halogenated alkanes) is 8. The second-order valence-corrected chi connectivity index (χ2v) is 6.02. The number of hydrogen-bond donors (Lipinski definition) is 1. The molecule has 1 rings (SSSR count). The first-order valence-electron chi connectivity index (χ1n) is 6.86. The summed E-state index contributed by atoms with van der Waals surface area (Å²) in [6.07, 6.45) is 10.6. The van der Waals surface area contributed by atoms with Crippen LogP contribution in [0.1, 0.15) is 71.1 Å². The molecule has 108 valence electrons. The van der Waals surface area contributed by atoms with Crippen LogP contribution in [-0.2, 0) is 18.8 Å². The predicted octanol–water partition coefficient (Wildman–Crippen LogP) is 2.85. The van der Waals surface area contributed by atoms with E-state index in [0.29, 0.717) is 6.42 Å². The molecule has 0 aromatic heterocycles. The molecular weight excluding hydrogens is 256 g/mol. The van der Waals surface area contributed by atoms with Crippen LogP contribution >= 0.6 is 0 Å². The third-order valence-corrected chi connectivity index (χ3v) is 3.99. The van der Waals surface area contributed by atoms with Crippen LogP contribution in [0.5, 0.6) is 0 Å². The zero-order valence-corrected chi connectivity index (χ0v) is 11.9. The van der Waals surface area contributed by atoms with Crippen molar-refractivity contribution < 1.29 is 21.9 Å². The second kappa shape index (κ2) is 7.43. The molecular formula is C12H24O5S. The van der Waals surface area contributed by atoms with Gasteiger partial charge in [0.25, 0.3) is 0 Å². The molecule has 0 aromatic rings. The van der Waals surface area contributed by atoms with Gasteiger partial charge in [-0.2, -0.15) is 16.8 Å². The molecule has 0 spiro atoms.